The van der Waals surface area contributed by atoms with Crippen molar-refractivity contribution in [2.45, 2.75) is 37.4 Å². The van der Waals surface area contributed by atoms with Gasteiger partial charge in [-0.05, 0) is 36.8 Å². The zero-order chi connectivity index (χ0) is 13.7. The number of fused-ring (bicyclic) bond motifs is 2. The van der Waals surface area contributed by atoms with Crippen molar-refractivity contribution in [3.63, 3.8) is 0 Å². The first kappa shape index (κ1) is 12.4. The molecule has 1 saturated carbocycles. The van der Waals surface area contributed by atoms with Gasteiger partial charge in [0.1, 0.15) is 0 Å². The highest BCUT2D eigenvalue weighted by atomic mass is 15.4. The van der Waals surface area contributed by atoms with E-state index >= 15 is 0 Å². The molecule has 20 heavy (non-hydrogen) atoms. The van der Waals surface area contributed by atoms with Crippen molar-refractivity contribution in [1.82, 2.24) is 15.4 Å². The fourth-order valence-corrected chi connectivity index (χ4v) is 4.02. The van der Waals surface area contributed by atoms with Crippen LogP contribution >= 0.6 is 0 Å². The minimum atomic E-state index is 0.357. The zero-order valence-corrected chi connectivity index (χ0v) is 11.8. The highest BCUT2D eigenvalue weighted by Crippen LogP contribution is 2.40. The van der Waals surface area contributed by atoms with Crippen molar-refractivity contribution < 1.29 is 0 Å². The van der Waals surface area contributed by atoms with E-state index in [1.54, 1.807) is 0 Å². The summed E-state index contributed by atoms with van der Waals surface area (Å²) >= 11 is 0. The summed E-state index contributed by atoms with van der Waals surface area (Å²) in [5, 5.41) is 1.36. The molecular formula is C16H22N4. The van der Waals surface area contributed by atoms with Gasteiger partial charge >= 0.3 is 0 Å². The Morgan fingerprint density at radius 2 is 2.05 bits per heavy atom. The van der Waals surface area contributed by atoms with Gasteiger partial charge < -0.3 is 10.3 Å². The van der Waals surface area contributed by atoms with Gasteiger partial charge in [0, 0.05) is 36.2 Å². The van der Waals surface area contributed by atoms with Crippen LogP contribution in [0.15, 0.2) is 30.5 Å². The van der Waals surface area contributed by atoms with Gasteiger partial charge in [0.15, 0.2) is 0 Å². The predicted molar refractivity (Wildman–Crippen MR) is 81.0 cm³/mol. The molecule has 0 bridgehead atoms. The van der Waals surface area contributed by atoms with E-state index < -0.39 is 0 Å². The van der Waals surface area contributed by atoms with Crippen LogP contribution in [0.25, 0.3) is 10.9 Å². The Labute approximate surface area is 119 Å². The maximum absolute atomic E-state index is 6.19. The largest absolute Gasteiger partial charge is 0.350 e. The average molecular weight is 270 g/mol. The SMILES string of the molecule is Cn1cc(C2NNC3CCC(N)CC32)c2ccccc21. The number of aromatic nitrogens is 1. The van der Waals surface area contributed by atoms with Crippen LogP contribution in [0, 0.1) is 5.92 Å². The summed E-state index contributed by atoms with van der Waals surface area (Å²) in [6.45, 7) is 0. The standard InChI is InChI=1S/C16H22N4/c1-20-9-13(11-4-2-3-5-15(11)20)16-12-8-10(17)6-7-14(12)18-19-16/h2-5,9-10,12,14,16,18-19H,6-8,17H2,1H3. The maximum atomic E-state index is 6.19. The second-order valence-corrected chi connectivity index (χ2v) is 6.32. The molecule has 2 aliphatic rings. The lowest BCUT2D eigenvalue weighted by atomic mass is 9.77. The molecule has 0 radical (unpaired) electrons. The molecule has 1 aliphatic heterocycles. The number of nitrogens with one attached hydrogen (secondary N) is 2. The van der Waals surface area contributed by atoms with Crippen molar-refractivity contribution in [3.05, 3.63) is 36.0 Å². The monoisotopic (exact) mass is 270 g/mol. The van der Waals surface area contributed by atoms with Gasteiger partial charge in [-0.1, -0.05) is 18.2 Å². The molecule has 4 heteroatoms. The van der Waals surface area contributed by atoms with E-state index in [-0.39, 0.29) is 0 Å². The minimum absolute atomic E-state index is 0.357. The van der Waals surface area contributed by atoms with Crippen LogP contribution in [-0.2, 0) is 7.05 Å². The third-order valence-corrected chi connectivity index (χ3v) is 5.06. The molecule has 2 aromatic rings. The number of hydrazine groups is 1. The zero-order valence-electron chi connectivity index (χ0n) is 11.8. The molecule has 106 valence electrons. The number of aryl methyl sites for hydroxylation is 1. The Hall–Kier alpha value is -1.36. The molecule has 2 fully saturated rings. The van der Waals surface area contributed by atoms with Gasteiger partial charge in [-0.2, -0.15) is 0 Å². The van der Waals surface area contributed by atoms with Gasteiger partial charge in [-0.15, -0.1) is 0 Å². The molecule has 2 heterocycles. The fourth-order valence-electron chi connectivity index (χ4n) is 4.02. The van der Waals surface area contributed by atoms with E-state index in [0.29, 0.717) is 24.0 Å². The van der Waals surface area contributed by atoms with Crippen molar-refractivity contribution in [2.24, 2.45) is 18.7 Å². The fraction of sp³-hybridized carbons (Fsp3) is 0.500. The lowest BCUT2D eigenvalue weighted by Gasteiger charge is -2.31. The molecule has 1 saturated heterocycles. The summed E-state index contributed by atoms with van der Waals surface area (Å²) in [6.07, 6.45) is 5.70. The molecule has 0 amide bonds. The van der Waals surface area contributed by atoms with Gasteiger partial charge in [-0.3, -0.25) is 5.43 Å². The summed E-state index contributed by atoms with van der Waals surface area (Å²) in [5.74, 6) is 0.601. The first-order chi connectivity index (χ1) is 9.74. The number of rotatable bonds is 1. The van der Waals surface area contributed by atoms with E-state index in [2.05, 4.69) is 52.9 Å². The van der Waals surface area contributed by atoms with Crippen molar-refractivity contribution in [3.8, 4) is 0 Å². The van der Waals surface area contributed by atoms with E-state index in [1.807, 2.05) is 0 Å². The molecule has 1 aromatic carbocycles. The van der Waals surface area contributed by atoms with Crippen molar-refractivity contribution >= 4 is 10.9 Å². The van der Waals surface area contributed by atoms with E-state index in [0.717, 1.165) is 12.8 Å². The Bertz CT molecular complexity index is 632. The highest BCUT2D eigenvalue weighted by Gasteiger charge is 2.40. The van der Waals surface area contributed by atoms with Crippen LogP contribution in [-0.4, -0.2) is 16.7 Å². The molecule has 0 spiro atoms. The Balaban J connectivity index is 1.76. The topological polar surface area (TPSA) is 55.0 Å². The normalized spacial score (nSPS) is 33.5. The molecule has 4 N–H and O–H groups in total. The summed E-state index contributed by atoms with van der Waals surface area (Å²) < 4.78 is 2.22. The average Bonchev–Trinajstić information content (AvgIpc) is 3.00. The lowest BCUT2D eigenvalue weighted by Crippen LogP contribution is -2.39. The molecule has 4 rings (SSSR count). The molecule has 4 unspecified atom stereocenters. The third-order valence-electron chi connectivity index (χ3n) is 5.06. The Morgan fingerprint density at radius 1 is 1.20 bits per heavy atom. The Kier molecular flexibility index (Phi) is 2.84. The summed E-state index contributed by atoms with van der Waals surface area (Å²) in [5.41, 5.74) is 15.9. The number of nitrogens with two attached hydrogens (primary N) is 1. The molecular weight excluding hydrogens is 248 g/mol. The van der Waals surface area contributed by atoms with Crippen LogP contribution in [0.2, 0.25) is 0 Å². The molecule has 4 nitrogen and oxygen atoms in total. The molecule has 1 aliphatic carbocycles. The van der Waals surface area contributed by atoms with Crippen LogP contribution in [0.5, 0.6) is 0 Å². The van der Waals surface area contributed by atoms with Crippen LogP contribution in [0.3, 0.4) is 0 Å². The second kappa shape index (κ2) is 4.58. The minimum Gasteiger partial charge on any atom is -0.350 e. The van der Waals surface area contributed by atoms with E-state index in [9.17, 15) is 0 Å². The summed E-state index contributed by atoms with van der Waals surface area (Å²) in [4.78, 5) is 0. The van der Waals surface area contributed by atoms with Gasteiger partial charge in [-0.25, -0.2) is 5.43 Å². The highest BCUT2D eigenvalue weighted by molar-refractivity contribution is 5.84. The second-order valence-electron chi connectivity index (χ2n) is 6.32. The smallest absolute Gasteiger partial charge is 0.0527 e. The first-order valence-electron chi connectivity index (χ1n) is 7.54. The van der Waals surface area contributed by atoms with Crippen molar-refractivity contribution in [1.29, 1.82) is 0 Å². The quantitative estimate of drug-likeness (QED) is 0.741. The number of hydrogen-bond donors (Lipinski definition) is 3. The van der Waals surface area contributed by atoms with Gasteiger partial charge in [0.05, 0.1) is 6.04 Å². The van der Waals surface area contributed by atoms with Crippen molar-refractivity contribution in [2.75, 3.05) is 0 Å². The van der Waals surface area contributed by atoms with Gasteiger partial charge in [0.25, 0.3) is 0 Å². The third kappa shape index (κ3) is 1.79. The number of benzene rings is 1. The van der Waals surface area contributed by atoms with Crippen LogP contribution in [0.4, 0.5) is 0 Å². The molecule has 4 atom stereocenters. The Morgan fingerprint density at radius 3 is 2.95 bits per heavy atom. The number of hydrogen-bond acceptors (Lipinski definition) is 3. The van der Waals surface area contributed by atoms with E-state index in [4.69, 9.17) is 5.73 Å². The van der Waals surface area contributed by atoms with Crippen LogP contribution < -0.4 is 16.6 Å². The van der Waals surface area contributed by atoms with Crippen LogP contribution in [0.1, 0.15) is 30.9 Å². The lowest BCUT2D eigenvalue weighted by molar-refractivity contribution is 0.279. The first-order valence-corrected chi connectivity index (χ1v) is 7.54. The van der Waals surface area contributed by atoms with E-state index in [1.165, 1.54) is 22.9 Å². The summed E-state index contributed by atoms with van der Waals surface area (Å²) in [7, 11) is 2.12. The summed E-state index contributed by atoms with van der Waals surface area (Å²) in [6, 6.07) is 9.93. The molecule has 1 aromatic heterocycles. The number of para-hydroxylation sites is 1. The van der Waals surface area contributed by atoms with Gasteiger partial charge in [0.2, 0.25) is 0 Å². The predicted octanol–water partition coefficient (Wildman–Crippen LogP) is 1.82. The number of nitrogens with zero attached hydrogens (tertiary/aromatic N) is 1. The maximum Gasteiger partial charge on any atom is 0.0527 e.